The third kappa shape index (κ3) is 9.12. The number of hydrogen-bond donors (Lipinski definition) is 2. The van der Waals surface area contributed by atoms with Crippen LogP contribution >= 0.6 is 0 Å². The normalized spacial score (nSPS) is 13.7. The molecule has 2 N–H and O–H groups in total. The van der Waals surface area contributed by atoms with Gasteiger partial charge in [-0.25, -0.2) is 13.1 Å². The number of carboxylic acid groups (broad SMARTS) is 1. The van der Waals surface area contributed by atoms with Crippen molar-refractivity contribution in [2.24, 2.45) is 5.41 Å². The predicted molar refractivity (Wildman–Crippen MR) is 67.3 cm³/mol. The third-order valence-electron chi connectivity index (χ3n) is 2.02. The fourth-order valence-electron chi connectivity index (χ4n) is 1.50. The molecule has 0 rings (SSSR count). The van der Waals surface area contributed by atoms with E-state index >= 15 is 0 Å². The lowest BCUT2D eigenvalue weighted by Gasteiger charge is -2.27. The Hall–Kier alpha value is -0.620. The maximum Gasteiger partial charge on any atom is 0.303 e. The molecule has 0 atom stereocenters. The molecule has 0 heterocycles. The molecule has 17 heavy (non-hydrogen) atoms. The predicted octanol–water partition coefficient (Wildman–Crippen LogP) is 1.60. The van der Waals surface area contributed by atoms with E-state index in [0.29, 0.717) is 0 Å². The minimum Gasteiger partial charge on any atom is -0.481 e. The largest absolute Gasteiger partial charge is 0.481 e. The molecule has 0 radical (unpaired) electrons. The van der Waals surface area contributed by atoms with Crippen LogP contribution in [0, 0.1) is 5.41 Å². The van der Waals surface area contributed by atoms with Gasteiger partial charge in [-0.1, -0.05) is 20.8 Å². The summed E-state index contributed by atoms with van der Waals surface area (Å²) in [4.78, 5) is 10.5. The second-order valence-electron chi connectivity index (χ2n) is 6.20. The minimum absolute atomic E-state index is 0.0243. The maximum atomic E-state index is 11.8. The molecule has 0 aromatic carbocycles. The molecular formula is C11H23NO4S. The molecule has 102 valence electrons. The van der Waals surface area contributed by atoms with Gasteiger partial charge in [0.05, 0.1) is 5.75 Å². The standard InChI is InChI=1S/C11H23NO4S/c1-10(2,3)8-17(15,16)12-11(4,5)7-6-9(13)14/h12H,6-8H2,1-5H3,(H,13,14). The first-order valence-electron chi connectivity index (χ1n) is 5.56. The monoisotopic (exact) mass is 265 g/mol. The molecule has 5 nitrogen and oxygen atoms in total. The summed E-state index contributed by atoms with van der Waals surface area (Å²) in [6.07, 6.45) is 0.219. The number of rotatable bonds is 6. The number of hydrogen-bond acceptors (Lipinski definition) is 3. The first-order valence-corrected chi connectivity index (χ1v) is 7.22. The molecule has 0 unspecified atom stereocenters. The van der Waals surface area contributed by atoms with Crippen LogP contribution in [0.15, 0.2) is 0 Å². The average Bonchev–Trinajstić information content (AvgIpc) is 1.93. The Morgan fingerprint density at radius 3 is 2.00 bits per heavy atom. The van der Waals surface area contributed by atoms with Gasteiger partial charge in [-0.05, 0) is 25.7 Å². The van der Waals surface area contributed by atoms with E-state index in [1.165, 1.54) is 0 Å². The van der Waals surface area contributed by atoms with E-state index < -0.39 is 21.5 Å². The molecule has 0 fully saturated rings. The Balaban J connectivity index is 4.54. The number of carboxylic acids is 1. The molecule has 6 heteroatoms. The van der Waals surface area contributed by atoms with Crippen LogP contribution in [0.25, 0.3) is 0 Å². The van der Waals surface area contributed by atoms with Crippen molar-refractivity contribution in [1.82, 2.24) is 4.72 Å². The molecule has 0 saturated heterocycles. The average molecular weight is 265 g/mol. The van der Waals surface area contributed by atoms with Crippen molar-refractivity contribution in [3.63, 3.8) is 0 Å². The number of nitrogens with one attached hydrogen (secondary N) is 1. The van der Waals surface area contributed by atoms with E-state index in [0.717, 1.165) is 0 Å². The van der Waals surface area contributed by atoms with Gasteiger partial charge in [0.2, 0.25) is 10.0 Å². The Morgan fingerprint density at radius 1 is 1.18 bits per heavy atom. The van der Waals surface area contributed by atoms with Crippen molar-refractivity contribution in [2.45, 2.75) is 53.0 Å². The van der Waals surface area contributed by atoms with Gasteiger partial charge in [-0.15, -0.1) is 0 Å². The zero-order valence-electron chi connectivity index (χ0n) is 11.2. The summed E-state index contributed by atoms with van der Waals surface area (Å²) < 4.78 is 26.2. The van der Waals surface area contributed by atoms with Gasteiger partial charge in [0, 0.05) is 12.0 Å². The van der Waals surface area contributed by atoms with Gasteiger partial charge in [-0.2, -0.15) is 0 Å². The van der Waals surface area contributed by atoms with Crippen LogP contribution in [0.2, 0.25) is 0 Å². The zero-order valence-corrected chi connectivity index (χ0v) is 12.0. The van der Waals surface area contributed by atoms with Crippen LogP contribution in [0.1, 0.15) is 47.5 Å². The summed E-state index contributed by atoms with van der Waals surface area (Å²) in [6, 6.07) is 0. The summed E-state index contributed by atoms with van der Waals surface area (Å²) in [5, 5.41) is 8.58. The van der Waals surface area contributed by atoms with Gasteiger partial charge in [0.25, 0.3) is 0 Å². The SMILES string of the molecule is CC(C)(C)CS(=O)(=O)NC(C)(C)CCC(=O)O. The van der Waals surface area contributed by atoms with Gasteiger partial charge in [-0.3, -0.25) is 4.79 Å². The fourth-order valence-corrected chi connectivity index (χ4v) is 3.65. The topological polar surface area (TPSA) is 83.5 Å². The van der Waals surface area contributed by atoms with Crippen LogP contribution in [0.5, 0.6) is 0 Å². The van der Waals surface area contributed by atoms with Gasteiger partial charge in [0.15, 0.2) is 0 Å². The lowest BCUT2D eigenvalue weighted by Crippen LogP contribution is -2.46. The molecule has 0 bridgehead atoms. The van der Waals surface area contributed by atoms with Crippen LogP contribution in [0.4, 0.5) is 0 Å². The van der Waals surface area contributed by atoms with E-state index in [1.54, 1.807) is 13.8 Å². The number of sulfonamides is 1. The Bertz CT molecular complexity index is 365. The Morgan fingerprint density at radius 2 is 1.65 bits per heavy atom. The molecular weight excluding hydrogens is 242 g/mol. The summed E-state index contributed by atoms with van der Waals surface area (Å²) in [6.45, 7) is 8.91. The number of aliphatic carboxylic acids is 1. The van der Waals surface area contributed by atoms with Crippen LogP contribution in [-0.2, 0) is 14.8 Å². The molecule has 0 saturated carbocycles. The molecule has 0 amide bonds. The Kier molecular flexibility index (Phi) is 5.16. The second-order valence-corrected chi connectivity index (χ2v) is 7.92. The van der Waals surface area contributed by atoms with Crippen molar-refractivity contribution in [2.75, 3.05) is 5.75 Å². The fraction of sp³-hybridized carbons (Fsp3) is 0.909. The van der Waals surface area contributed by atoms with E-state index in [-0.39, 0.29) is 24.0 Å². The van der Waals surface area contributed by atoms with E-state index in [2.05, 4.69) is 4.72 Å². The number of carbonyl (C=O) groups is 1. The van der Waals surface area contributed by atoms with Crippen LogP contribution in [0.3, 0.4) is 0 Å². The quantitative estimate of drug-likeness (QED) is 0.764. The highest BCUT2D eigenvalue weighted by Gasteiger charge is 2.28. The molecule has 0 aliphatic carbocycles. The van der Waals surface area contributed by atoms with E-state index in [1.807, 2.05) is 20.8 Å². The van der Waals surface area contributed by atoms with Gasteiger partial charge >= 0.3 is 5.97 Å². The van der Waals surface area contributed by atoms with Crippen molar-refractivity contribution < 1.29 is 18.3 Å². The van der Waals surface area contributed by atoms with Gasteiger partial charge in [0.1, 0.15) is 0 Å². The lowest BCUT2D eigenvalue weighted by atomic mass is 10.0. The van der Waals surface area contributed by atoms with Crippen LogP contribution in [-0.4, -0.2) is 30.8 Å². The summed E-state index contributed by atoms with van der Waals surface area (Å²) in [7, 11) is -3.39. The summed E-state index contributed by atoms with van der Waals surface area (Å²) >= 11 is 0. The van der Waals surface area contributed by atoms with Crippen molar-refractivity contribution in [1.29, 1.82) is 0 Å². The summed E-state index contributed by atoms with van der Waals surface area (Å²) in [5.74, 6) is -0.899. The molecule has 0 aliphatic heterocycles. The molecule has 0 aromatic heterocycles. The molecule has 0 aliphatic rings. The highest BCUT2D eigenvalue weighted by atomic mass is 32.2. The molecule has 0 spiro atoms. The first kappa shape index (κ1) is 16.4. The van der Waals surface area contributed by atoms with Crippen molar-refractivity contribution >= 4 is 16.0 Å². The van der Waals surface area contributed by atoms with E-state index in [9.17, 15) is 13.2 Å². The van der Waals surface area contributed by atoms with Crippen molar-refractivity contribution in [3.8, 4) is 0 Å². The third-order valence-corrected chi connectivity index (χ3v) is 4.13. The second kappa shape index (κ2) is 5.35. The first-order chi connectivity index (χ1) is 7.33. The van der Waals surface area contributed by atoms with Gasteiger partial charge < -0.3 is 5.11 Å². The van der Waals surface area contributed by atoms with Crippen molar-refractivity contribution in [3.05, 3.63) is 0 Å². The zero-order chi connectivity index (χ0) is 13.9. The highest BCUT2D eigenvalue weighted by molar-refractivity contribution is 7.89. The maximum absolute atomic E-state index is 11.8. The minimum atomic E-state index is -3.39. The smallest absolute Gasteiger partial charge is 0.303 e. The van der Waals surface area contributed by atoms with Crippen LogP contribution < -0.4 is 4.72 Å². The van der Waals surface area contributed by atoms with E-state index in [4.69, 9.17) is 5.11 Å². The molecule has 0 aromatic rings. The Labute approximate surface area is 104 Å². The summed E-state index contributed by atoms with van der Waals surface area (Å²) in [5.41, 5.74) is -1.06. The highest BCUT2D eigenvalue weighted by Crippen LogP contribution is 2.19. The lowest BCUT2D eigenvalue weighted by molar-refractivity contribution is -0.137.